The van der Waals surface area contributed by atoms with Gasteiger partial charge in [0.15, 0.2) is 0 Å². The molecule has 1 fully saturated rings. The zero-order chi connectivity index (χ0) is 10.1. The largest absolute Gasteiger partial charge is 0.319 e. The Hall–Kier alpha value is -0.0400. The molecule has 1 heterocycles. The van der Waals surface area contributed by atoms with Gasteiger partial charge in [0.2, 0.25) is 0 Å². The normalized spacial score (nSPS) is 39.0. The third kappa shape index (κ3) is 1.63. The van der Waals surface area contributed by atoms with Crippen LogP contribution >= 0.6 is 0 Å². The lowest BCUT2D eigenvalue weighted by Gasteiger charge is -2.52. The first-order valence-electron chi connectivity index (χ1n) is 5.94. The Morgan fingerprint density at radius 3 is 1.92 bits per heavy atom. The summed E-state index contributed by atoms with van der Waals surface area (Å²) in [6.07, 6.45) is 2.86. The number of quaternary nitrogens is 1. The van der Waals surface area contributed by atoms with E-state index in [0.717, 1.165) is 18.0 Å². The lowest BCUT2D eigenvalue weighted by molar-refractivity contribution is -0.975. The molecule has 0 amide bonds. The summed E-state index contributed by atoms with van der Waals surface area (Å²) in [6.45, 7) is 14.6. The molecule has 0 aliphatic carbocycles. The molecule has 13 heavy (non-hydrogen) atoms. The van der Waals surface area contributed by atoms with E-state index in [1.54, 1.807) is 0 Å². The number of hydrogen-bond donors (Lipinski definition) is 0. The minimum absolute atomic E-state index is 0.860. The Balaban J connectivity index is 2.86. The van der Waals surface area contributed by atoms with Crippen molar-refractivity contribution in [3.8, 4) is 0 Å². The zero-order valence-electron chi connectivity index (χ0n) is 10.0. The van der Waals surface area contributed by atoms with Gasteiger partial charge in [0.05, 0.1) is 25.2 Å². The highest BCUT2D eigenvalue weighted by Crippen LogP contribution is 2.34. The molecular formula is C12H26N+. The molecule has 0 saturated carbocycles. The van der Waals surface area contributed by atoms with E-state index in [1.807, 2.05) is 0 Å². The van der Waals surface area contributed by atoms with E-state index in [4.69, 9.17) is 0 Å². The molecule has 1 rings (SSSR count). The van der Waals surface area contributed by atoms with Crippen LogP contribution < -0.4 is 0 Å². The average molecular weight is 184 g/mol. The molecule has 0 radical (unpaired) electrons. The van der Waals surface area contributed by atoms with Crippen LogP contribution in [0.5, 0.6) is 0 Å². The summed E-state index contributed by atoms with van der Waals surface area (Å²) in [5.74, 6) is 0.913. The maximum absolute atomic E-state index is 2.45. The fourth-order valence-corrected chi connectivity index (χ4v) is 3.33. The smallest absolute Gasteiger partial charge is 0.0889 e. The van der Waals surface area contributed by atoms with E-state index < -0.39 is 0 Å². The number of piperidine rings is 1. The Kier molecular flexibility index (Phi) is 3.39. The van der Waals surface area contributed by atoms with Gasteiger partial charge in [-0.25, -0.2) is 0 Å². The minimum atomic E-state index is 0.860. The summed E-state index contributed by atoms with van der Waals surface area (Å²) >= 11 is 0. The van der Waals surface area contributed by atoms with Gasteiger partial charge in [0.25, 0.3) is 0 Å². The highest BCUT2D eigenvalue weighted by molar-refractivity contribution is 4.73. The number of nitrogens with zero attached hydrogens (tertiary/aromatic N) is 1. The van der Waals surface area contributed by atoms with Crippen LogP contribution in [0.15, 0.2) is 0 Å². The molecule has 0 bridgehead atoms. The second-order valence-electron chi connectivity index (χ2n) is 4.88. The van der Waals surface area contributed by atoms with Crippen molar-refractivity contribution >= 4 is 0 Å². The topological polar surface area (TPSA) is 0 Å². The zero-order valence-corrected chi connectivity index (χ0v) is 10.0. The van der Waals surface area contributed by atoms with Gasteiger partial charge in [-0.2, -0.15) is 0 Å². The fourth-order valence-electron chi connectivity index (χ4n) is 3.33. The van der Waals surface area contributed by atoms with Crippen LogP contribution in [0.25, 0.3) is 0 Å². The quantitative estimate of drug-likeness (QED) is 0.579. The van der Waals surface area contributed by atoms with Gasteiger partial charge in [-0.05, 0) is 40.5 Å². The van der Waals surface area contributed by atoms with Gasteiger partial charge in [0, 0.05) is 5.92 Å². The molecule has 1 saturated heterocycles. The van der Waals surface area contributed by atoms with E-state index in [-0.39, 0.29) is 0 Å². The second kappa shape index (κ2) is 4.00. The Labute approximate surface area is 83.7 Å². The summed E-state index contributed by atoms with van der Waals surface area (Å²) in [4.78, 5) is 0. The summed E-state index contributed by atoms with van der Waals surface area (Å²) in [5.41, 5.74) is 0. The van der Waals surface area contributed by atoms with Gasteiger partial charge in [0.1, 0.15) is 0 Å². The first-order valence-corrected chi connectivity index (χ1v) is 5.94. The molecule has 0 aromatic heterocycles. The molecule has 3 atom stereocenters. The molecule has 78 valence electrons. The lowest BCUT2D eigenvalue weighted by atomic mass is 9.85. The van der Waals surface area contributed by atoms with Gasteiger partial charge < -0.3 is 4.48 Å². The van der Waals surface area contributed by atoms with E-state index in [9.17, 15) is 0 Å². The summed E-state index contributed by atoms with van der Waals surface area (Å²) in [5, 5.41) is 0. The van der Waals surface area contributed by atoms with Crippen molar-refractivity contribution in [2.75, 3.05) is 13.1 Å². The minimum Gasteiger partial charge on any atom is -0.319 e. The Morgan fingerprint density at radius 2 is 1.54 bits per heavy atom. The van der Waals surface area contributed by atoms with Crippen molar-refractivity contribution in [1.82, 2.24) is 0 Å². The first kappa shape index (κ1) is 11.0. The summed E-state index contributed by atoms with van der Waals surface area (Å²) < 4.78 is 1.35. The molecule has 1 aliphatic heterocycles. The molecule has 1 nitrogen and oxygen atoms in total. The van der Waals surface area contributed by atoms with Crippen molar-refractivity contribution in [3.63, 3.8) is 0 Å². The predicted octanol–water partition coefficient (Wildman–Crippen LogP) is 3.05. The maximum Gasteiger partial charge on any atom is 0.0889 e. The third-order valence-corrected chi connectivity index (χ3v) is 4.73. The van der Waals surface area contributed by atoms with Gasteiger partial charge >= 0.3 is 0 Å². The van der Waals surface area contributed by atoms with E-state index in [2.05, 4.69) is 34.6 Å². The van der Waals surface area contributed by atoms with Crippen LogP contribution in [0.2, 0.25) is 0 Å². The van der Waals surface area contributed by atoms with Gasteiger partial charge in [-0.1, -0.05) is 6.92 Å². The average Bonchev–Trinajstić information content (AvgIpc) is 2.15. The van der Waals surface area contributed by atoms with Crippen molar-refractivity contribution in [2.45, 2.75) is 59.5 Å². The predicted molar refractivity (Wildman–Crippen MR) is 58.7 cm³/mol. The molecule has 0 N–H and O–H groups in total. The summed E-state index contributed by atoms with van der Waals surface area (Å²) in [7, 11) is 0. The van der Waals surface area contributed by atoms with E-state index in [0.29, 0.717) is 0 Å². The van der Waals surface area contributed by atoms with Crippen LogP contribution in [-0.2, 0) is 0 Å². The highest BCUT2D eigenvalue weighted by atomic mass is 15.4. The number of hydrogen-bond acceptors (Lipinski definition) is 0. The highest BCUT2D eigenvalue weighted by Gasteiger charge is 2.42. The van der Waals surface area contributed by atoms with Crippen LogP contribution in [-0.4, -0.2) is 29.7 Å². The summed E-state index contributed by atoms with van der Waals surface area (Å²) in [6, 6.07) is 1.74. The monoisotopic (exact) mass is 184 g/mol. The molecular weight excluding hydrogens is 158 g/mol. The molecule has 1 heteroatoms. The van der Waals surface area contributed by atoms with Crippen LogP contribution in [0.3, 0.4) is 0 Å². The van der Waals surface area contributed by atoms with Crippen LogP contribution in [0.1, 0.15) is 47.5 Å². The van der Waals surface area contributed by atoms with Crippen molar-refractivity contribution in [2.24, 2.45) is 5.92 Å². The van der Waals surface area contributed by atoms with Gasteiger partial charge in [-0.3, -0.25) is 0 Å². The van der Waals surface area contributed by atoms with Crippen LogP contribution in [0, 0.1) is 5.92 Å². The van der Waals surface area contributed by atoms with Crippen molar-refractivity contribution in [3.05, 3.63) is 0 Å². The van der Waals surface area contributed by atoms with Crippen molar-refractivity contribution < 1.29 is 4.48 Å². The lowest BCUT2D eigenvalue weighted by Crippen LogP contribution is -2.63. The molecule has 0 aromatic rings. The molecule has 0 spiro atoms. The fraction of sp³-hybridized carbons (Fsp3) is 1.00. The molecule has 1 aliphatic rings. The number of rotatable bonds is 2. The Morgan fingerprint density at radius 1 is 1.00 bits per heavy atom. The molecule has 3 unspecified atom stereocenters. The van der Waals surface area contributed by atoms with Crippen molar-refractivity contribution in [1.29, 1.82) is 0 Å². The Bertz CT molecular complexity index is 161. The van der Waals surface area contributed by atoms with Gasteiger partial charge in [-0.15, -0.1) is 0 Å². The second-order valence-corrected chi connectivity index (χ2v) is 4.88. The third-order valence-electron chi connectivity index (χ3n) is 4.73. The first-order chi connectivity index (χ1) is 6.08. The standard InChI is InChI=1S/C12H26N/c1-6-13(7-2)11(4)9-8-10(3)12(13)5/h10-12H,6-9H2,1-5H3/q+1. The van der Waals surface area contributed by atoms with Crippen LogP contribution in [0.4, 0.5) is 0 Å². The molecule has 0 aromatic carbocycles. The SMILES string of the molecule is CC[N+]1(CC)C(C)CCC(C)C1C. The van der Waals surface area contributed by atoms with E-state index >= 15 is 0 Å². The maximum atomic E-state index is 2.45. The van der Waals surface area contributed by atoms with E-state index in [1.165, 1.54) is 30.4 Å². The number of likely N-dealkylation sites (tertiary alicyclic amines) is 1.